The molecule has 8 nitrogen and oxygen atoms in total. The van der Waals surface area contributed by atoms with Crippen molar-refractivity contribution in [3.05, 3.63) is 12.2 Å². The molecule has 0 aromatic rings. The first-order valence-corrected chi connectivity index (χ1v) is 12.6. The van der Waals surface area contributed by atoms with E-state index < -0.39 is 24.8 Å². The molecule has 0 saturated heterocycles. The van der Waals surface area contributed by atoms with Crippen LogP contribution in [0.15, 0.2) is 12.2 Å². The number of allylic oxidation sites excluding steroid dienone is 2. The molecule has 0 aliphatic carbocycles. The van der Waals surface area contributed by atoms with Crippen molar-refractivity contribution in [1.29, 1.82) is 0 Å². The number of aliphatic hydroxyl groups is 1. The van der Waals surface area contributed by atoms with E-state index in [2.05, 4.69) is 19.1 Å². The van der Waals surface area contributed by atoms with Crippen molar-refractivity contribution in [2.75, 3.05) is 19.7 Å². The molecular weight excluding hydrogens is 470 g/mol. The van der Waals surface area contributed by atoms with Crippen LogP contribution in [0.1, 0.15) is 104 Å². The van der Waals surface area contributed by atoms with E-state index in [0.717, 1.165) is 32.1 Å². The molecule has 0 aromatic carbocycles. The van der Waals surface area contributed by atoms with E-state index in [1.165, 1.54) is 56.8 Å². The number of nitrogens with zero attached hydrogens (tertiary/aromatic N) is 2. The monoisotopic (exact) mass is 514 g/mol. The summed E-state index contributed by atoms with van der Waals surface area (Å²) in [5.41, 5.74) is 0. The summed E-state index contributed by atoms with van der Waals surface area (Å²) < 4.78 is 0. The van der Waals surface area contributed by atoms with Gasteiger partial charge in [-0.2, -0.15) is 0 Å². The van der Waals surface area contributed by atoms with E-state index in [0.29, 0.717) is 6.42 Å². The minimum Gasteiger partial charge on any atom is -0.530 e. The van der Waals surface area contributed by atoms with Crippen molar-refractivity contribution in [2.45, 2.75) is 110 Å². The first kappa shape index (κ1) is 39.4. The van der Waals surface area contributed by atoms with E-state index in [4.69, 9.17) is 0 Å². The molecule has 0 bridgehead atoms. The summed E-state index contributed by atoms with van der Waals surface area (Å²) in [6.07, 6.45) is 16.1. The van der Waals surface area contributed by atoms with Crippen LogP contribution in [-0.4, -0.2) is 58.7 Å². The largest absolute Gasteiger partial charge is 1.00 e. The van der Waals surface area contributed by atoms with Crippen molar-refractivity contribution in [2.24, 2.45) is 0 Å². The smallest absolute Gasteiger partial charge is 0.530 e. The van der Waals surface area contributed by atoms with Gasteiger partial charge in [0.25, 0.3) is 0 Å². The predicted octanol–water partition coefficient (Wildman–Crippen LogP) is -2.77. The first-order valence-electron chi connectivity index (χ1n) is 12.6. The van der Waals surface area contributed by atoms with Crippen LogP contribution in [0.25, 0.3) is 0 Å². The summed E-state index contributed by atoms with van der Waals surface area (Å²) in [5, 5.41) is 31.0. The van der Waals surface area contributed by atoms with Gasteiger partial charge in [0.05, 0.1) is 6.61 Å². The summed E-state index contributed by atoms with van der Waals surface area (Å²) in [7, 11) is 0. The van der Waals surface area contributed by atoms with Crippen molar-refractivity contribution in [1.82, 2.24) is 9.80 Å². The summed E-state index contributed by atoms with van der Waals surface area (Å²) >= 11 is 0. The van der Waals surface area contributed by atoms with Crippen molar-refractivity contribution >= 4 is 18.1 Å². The molecule has 0 aliphatic heterocycles. The molecule has 0 fully saturated rings. The Morgan fingerprint density at radius 1 is 0.800 bits per heavy atom. The summed E-state index contributed by atoms with van der Waals surface area (Å²) in [5.74, 6) is -0.231. The van der Waals surface area contributed by atoms with Gasteiger partial charge in [-0.3, -0.25) is 4.79 Å². The molecule has 0 heterocycles. The zero-order valence-electron chi connectivity index (χ0n) is 22.6. The molecular formula is C25H44N2Na2O6. The van der Waals surface area contributed by atoms with Crippen LogP contribution in [0.4, 0.5) is 9.59 Å². The first-order chi connectivity index (χ1) is 15.8. The van der Waals surface area contributed by atoms with E-state index >= 15 is 0 Å². The van der Waals surface area contributed by atoms with Gasteiger partial charge >= 0.3 is 59.1 Å². The molecule has 192 valence electrons. The number of hydrogen-bond donors (Lipinski definition) is 1. The van der Waals surface area contributed by atoms with Crippen LogP contribution in [0.5, 0.6) is 0 Å². The molecule has 0 saturated carbocycles. The molecule has 0 rings (SSSR count). The fourth-order valence-electron chi connectivity index (χ4n) is 3.78. The number of unbranched alkanes of at least 4 members (excludes halogenated alkanes) is 11. The van der Waals surface area contributed by atoms with Gasteiger partial charge in [0.15, 0.2) is 0 Å². The number of carbonyl (C=O) groups excluding carboxylic acids is 3. The minimum atomic E-state index is -1.89. The zero-order chi connectivity index (χ0) is 24.9. The summed E-state index contributed by atoms with van der Waals surface area (Å²) in [6, 6.07) is -0.719. The number of imide groups is 1. The van der Waals surface area contributed by atoms with Crippen molar-refractivity contribution in [3.63, 3.8) is 0 Å². The molecule has 3 amide bonds. The maximum Gasteiger partial charge on any atom is 1.00 e. The minimum absolute atomic E-state index is 0. The van der Waals surface area contributed by atoms with Gasteiger partial charge in [-0.25, -0.2) is 0 Å². The second-order valence-corrected chi connectivity index (χ2v) is 8.64. The summed E-state index contributed by atoms with van der Waals surface area (Å²) in [4.78, 5) is 35.6. The maximum atomic E-state index is 12.5. The van der Waals surface area contributed by atoms with Gasteiger partial charge in [-0.15, -0.1) is 0 Å². The number of carboxylic acid groups (broad SMARTS) is 2. The fourth-order valence-corrected chi connectivity index (χ4v) is 3.78. The number of hydrogen-bond acceptors (Lipinski definition) is 6. The SMILES string of the molecule is CCCCCCCC/C=C\CCCCCCCC(=O)N(CCO)C(C)CN(C(=O)[O-])C(=O)[O-].[Na+].[Na+]. The van der Waals surface area contributed by atoms with E-state index in [-0.39, 0.29) is 89.5 Å². The topological polar surface area (TPSA) is 124 Å². The van der Waals surface area contributed by atoms with Crippen LogP contribution in [0, 0.1) is 0 Å². The molecule has 10 heteroatoms. The third-order valence-electron chi connectivity index (χ3n) is 5.73. The maximum absolute atomic E-state index is 12.5. The standard InChI is InChI=1S/C25H46N2O6.2Na/c1-3-4-5-6-7-8-9-10-11-12-13-14-15-16-17-18-23(29)26(19-20-28)22(2)21-27(24(30)31)25(32)33;;/h10-11,22,28H,3-9,12-21H2,1-2H3,(H,30,31)(H,32,33);;/q;2*+1/p-2/b11-10-;;. The van der Waals surface area contributed by atoms with Crippen LogP contribution in [0.3, 0.4) is 0 Å². The van der Waals surface area contributed by atoms with E-state index in [1.807, 2.05) is 0 Å². The number of amides is 3. The van der Waals surface area contributed by atoms with Crippen LogP contribution in [-0.2, 0) is 4.79 Å². The number of rotatable bonds is 20. The van der Waals surface area contributed by atoms with Crippen molar-refractivity contribution in [3.8, 4) is 0 Å². The van der Waals surface area contributed by atoms with Crippen LogP contribution >= 0.6 is 0 Å². The third kappa shape index (κ3) is 21.7. The normalized spacial score (nSPS) is 11.4. The second-order valence-electron chi connectivity index (χ2n) is 8.64. The second kappa shape index (κ2) is 27.0. The molecule has 0 radical (unpaired) electrons. The Hall–Kier alpha value is -0.0900. The fraction of sp³-hybridized carbons (Fsp3) is 0.800. The Morgan fingerprint density at radius 2 is 1.26 bits per heavy atom. The Bertz CT molecular complexity index is 564. The van der Waals surface area contributed by atoms with Gasteiger partial charge in [-0.05, 0) is 39.0 Å². The average Bonchev–Trinajstić information content (AvgIpc) is 2.77. The molecule has 0 aliphatic rings. The molecule has 1 atom stereocenters. The molecule has 0 spiro atoms. The van der Waals surface area contributed by atoms with Crippen molar-refractivity contribution < 1.29 is 88.8 Å². The van der Waals surface area contributed by atoms with Crippen LogP contribution < -0.4 is 69.3 Å². The Kier molecular flexibility index (Phi) is 30.4. The summed E-state index contributed by atoms with van der Waals surface area (Å²) in [6.45, 7) is 3.02. The quantitative estimate of drug-likeness (QED) is 0.107. The van der Waals surface area contributed by atoms with Gasteiger partial charge in [-0.1, -0.05) is 70.4 Å². The van der Waals surface area contributed by atoms with Crippen LogP contribution in [0.2, 0.25) is 0 Å². The molecule has 1 unspecified atom stereocenters. The number of carbonyl (C=O) groups is 3. The van der Waals surface area contributed by atoms with E-state index in [1.54, 1.807) is 0 Å². The molecule has 0 aromatic heterocycles. The number of aliphatic hydroxyl groups excluding tert-OH is 1. The van der Waals surface area contributed by atoms with Gasteiger partial charge < -0.3 is 34.7 Å². The van der Waals surface area contributed by atoms with Gasteiger partial charge in [0.1, 0.15) is 12.2 Å². The predicted molar refractivity (Wildman–Crippen MR) is 125 cm³/mol. The Balaban J connectivity index is -0.00000512. The average molecular weight is 515 g/mol. The van der Waals surface area contributed by atoms with E-state index in [9.17, 15) is 29.7 Å². The van der Waals surface area contributed by atoms with Gasteiger partial charge in [0.2, 0.25) is 5.91 Å². The molecule has 35 heavy (non-hydrogen) atoms. The Morgan fingerprint density at radius 3 is 1.71 bits per heavy atom. The Labute approximate surface area is 256 Å². The third-order valence-corrected chi connectivity index (χ3v) is 5.73. The zero-order valence-corrected chi connectivity index (χ0v) is 26.6. The molecule has 1 N–H and O–H groups in total. The van der Waals surface area contributed by atoms with Gasteiger partial charge in [0, 0.05) is 25.6 Å².